The fourth-order valence-electron chi connectivity index (χ4n) is 6.64. The van der Waals surface area contributed by atoms with Crippen LogP contribution in [0.1, 0.15) is 58.6 Å². The molecule has 9 nitrogen and oxygen atoms in total. The zero-order valence-corrected chi connectivity index (χ0v) is 30.4. The van der Waals surface area contributed by atoms with Crippen molar-refractivity contribution < 1.29 is 24.0 Å². The number of amides is 3. The molecule has 0 fully saturated rings. The molecule has 0 bridgehead atoms. The SMILES string of the molecule is O=C(Nc1cccc(SC(C(=O)Nc2cccc3c2C(=O)c2ccccc2C3=O)c2ccccc2)c1)/C(=C\c1c[nH]c2ccccc12)NC(=O)c1ccccc1. The maximum atomic E-state index is 14.2. The number of anilines is 2. The van der Waals surface area contributed by atoms with E-state index in [-0.39, 0.29) is 34.1 Å². The van der Waals surface area contributed by atoms with Gasteiger partial charge in [0.1, 0.15) is 10.9 Å². The van der Waals surface area contributed by atoms with Gasteiger partial charge in [-0.15, -0.1) is 11.8 Å². The number of ketones is 2. The van der Waals surface area contributed by atoms with Crippen molar-refractivity contribution in [3.63, 3.8) is 0 Å². The predicted molar refractivity (Wildman–Crippen MR) is 219 cm³/mol. The molecule has 1 aliphatic rings. The summed E-state index contributed by atoms with van der Waals surface area (Å²) in [5, 5.41) is 8.74. The maximum Gasteiger partial charge on any atom is 0.272 e. The largest absolute Gasteiger partial charge is 0.361 e. The lowest BCUT2D eigenvalue weighted by Gasteiger charge is -2.22. The van der Waals surface area contributed by atoms with E-state index in [1.807, 2.05) is 60.7 Å². The van der Waals surface area contributed by atoms with E-state index in [9.17, 15) is 24.0 Å². The van der Waals surface area contributed by atoms with Crippen LogP contribution in [0.2, 0.25) is 0 Å². The second-order valence-electron chi connectivity index (χ2n) is 13.0. The van der Waals surface area contributed by atoms with Crippen molar-refractivity contribution in [2.75, 3.05) is 10.6 Å². The van der Waals surface area contributed by atoms with Gasteiger partial charge in [-0.05, 0) is 54.1 Å². The molecule has 1 aromatic heterocycles. The summed E-state index contributed by atoms with van der Waals surface area (Å²) in [6.07, 6.45) is 3.40. The fourth-order valence-corrected chi connectivity index (χ4v) is 7.72. The Labute approximate surface area is 325 Å². The molecule has 56 heavy (non-hydrogen) atoms. The molecule has 0 aliphatic heterocycles. The lowest BCUT2D eigenvalue weighted by molar-refractivity contribution is -0.116. The van der Waals surface area contributed by atoms with Crippen molar-refractivity contribution in [3.8, 4) is 0 Å². The lowest BCUT2D eigenvalue weighted by atomic mass is 9.83. The molecular weight excluding hydrogens is 721 g/mol. The molecule has 8 rings (SSSR count). The van der Waals surface area contributed by atoms with Gasteiger partial charge in [-0.2, -0.15) is 0 Å². The number of para-hydroxylation sites is 1. The van der Waals surface area contributed by atoms with Crippen molar-refractivity contribution in [1.29, 1.82) is 0 Å². The zero-order chi connectivity index (χ0) is 38.6. The van der Waals surface area contributed by atoms with Crippen LogP contribution in [0.3, 0.4) is 0 Å². The smallest absolute Gasteiger partial charge is 0.272 e. The normalized spacial score (nSPS) is 12.7. The number of rotatable bonds is 10. The number of carbonyl (C=O) groups is 5. The van der Waals surface area contributed by atoms with Crippen LogP contribution in [0.15, 0.2) is 168 Å². The van der Waals surface area contributed by atoms with Gasteiger partial charge in [-0.3, -0.25) is 24.0 Å². The monoisotopic (exact) mass is 752 g/mol. The Morgan fingerprint density at radius 3 is 2.09 bits per heavy atom. The Kier molecular flexibility index (Phi) is 9.94. The summed E-state index contributed by atoms with van der Waals surface area (Å²) in [4.78, 5) is 72.3. The van der Waals surface area contributed by atoms with Gasteiger partial charge in [0.25, 0.3) is 11.8 Å². The minimum atomic E-state index is -0.790. The fraction of sp³-hybridized carbons (Fsp3) is 0.0217. The number of hydrogen-bond acceptors (Lipinski definition) is 6. The number of thioether (sulfide) groups is 1. The minimum Gasteiger partial charge on any atom is -0.361 e. The number of fused-ring (bicyclic) bond motifs is 3. The Morgan fingerprint density at radius 1 is 0.643 bits per heavy atom. The lowest BCUT2D eigenvalue weighted by Crippen LogP contribution is -2.30. The van der Waals surface area contributed by atoms with Crippen LogP contribution in [0, 0.1) is 0 Å². The number of benzene rings is 6. The molecule has 7 aromatic rings. The third-order valence-electron chi connectivity index (χ3n) is 9.35. The number of H-pyrrole nitrogens is 1. The van der Waals surface area contributed by atoms with Crippen LogP contribution >= 0.6 is 11.8 Å². The maximum absolute atomic E-state index is 14.2. The zero-order valence-electron chi connectivity index (χ0n) is 29.6. The molecule has 3 amide bonds. The van der Waals surface area contributed by atoms with E-state index in [0.29, 0.717) is 32.8 Å². The van der Waals surface area contributed by atoms with E-state index < -0.39 is 23.0 Å². The molecular formula is C46H32N4O5S. The van der Waals surface area contributed by atoms with Crippen molar-refractivity contribution in [3.05, 3.63) is 202 Å². The van der Waals surface area contributed by atoms with E-state index in [4.69, 9.17) is 0 Å². The third kappa shape index (κ3) is 7.29. The average Bonchev–Trinajstić information content (AvgIpc) is 3.64. The van der Waals surface area contributed by atoms with Crippen molar-refractivity contribution in [2.24, 2.45) is 0 Å². The first kappa shape index (κ1) is 35.7. The van der Waals surface area contributed by atoms with Crippen molar-refractivity contribution in [1.82, 2.24) is 10.3 Å². The van der Waals surface area contributed by atoms with Gasteiger partial charge in [-0.25, -0.2) is 0 Å². The van der Waals surface area contributed by atoms with Crippen molar-refractivity contribution >= 4 is 69.4 Å². The Bertz CT molecular complexity index is 2710. The molecule has 0 saturated heterocycles. The Balaban J connectivity index is 1.06. The summed E-state index contributed by atoms with van der Waals surface area (Å²) in [6, 6.07) is 44.1. The van der Waals surface area contributed by atoms with Crippen LogP contribution < -0.4 is 16.0 Å². The van der Waals surface area contributed by atoms with Gasteiger partial charge < -0.3 is 20.9 Å². The highest BCUT2D eigenvalue weighted by atomic mass is 32.2. The summed E-state index contributed by atoms with van der Waals surface area (Å²) in [5.41, 5.74) is 4.42. The van der Waals surface area contributed by atoms with Crippen molar-refractivity contribution in [2.45, 2.75) is 10.1 Å². The van der Waals surface area contributed by atoms with Gasteiger partial charge in [0.2, 0.25) is 5.91 Å². The summed E-state index contributed by atoms with van der Waals surface area (Å²) < 4.78 is 0. The average molecular weight is 753 g/mol. The van der Waals surface area contributed by atoms with Gasteiger partial charge >= 0.3 is 0 Å². The van der Waals surface area contributed by atoms with E-state index >= 15 is 0 Å². The Morgan fingerprint density at radius 2 is 1.30 bits per heavy atom. The van der Waals surface area contributed by atoms with E-state index in [0.717, 1.165) is 16.5 Å². The summed E-state index contributed by atoms with van der Waals surface area (Å²) in [7, 11) is 0. The number of nitrogens with one attached hydrogen (secondary N) is 4. The van der Waals surface area contributed by atoms with Gasteiger partial charge in [0.05, 0.1) is 11.3 Å². The number of hydrogen-bond donors (Lipinski definition) is 4. The number of carbonyl (C=O) groups excluding carboxylic acids is 5. The second-order valence-corrected chi connectivity index (χ2v) is 14.2. The number of aromatic amines is 1. The molecule has 1 aliphatic carbocycles. The molecule has 0 saturated carbocycles. The minimum absolute atomic E-state index is 0.0325. The van der Waals surface area contributed by atoms with Gasteiger partial charge in [-0.1, -0.05) is 109 Å². The van der Waals surface area contributed by atoms with Crippen LogP contribution in [-0.2, 0) is 9.59 Å². The molecule has 1 unspecified atom stereocenters. The highest BCUT2D eigenvalue weighted by molar-refractivity contribution is 8.00. The molecule has 1 atom stereocenters. The van der Waals surface area contributed by atoms with Crippen LogP contribution in [-0.4, -0.2) is 34.3 Å². The topological polar surface area (TPSA) is 137 Å². The second kappa shape index (κ2) is 15.6. The highest BCUT2D eigenvalue weighted by Crippen LogP contribution is 2.39. The summed E-state index contributed by atoms with van der Waals surface area (Å²) >= 11 is 1.26. The molecule has 10 heteroatoms. The molecule has 1 heterocycles. The molecule has 0 radical (unpaired) electrons. The van der Waals surface area contributed by atoms with E-state index in [2.05, 4.69) is 20.9 Å². The number of aromatic nitrogens is 1. The quantitative estimate of drug-likeness (QED) is 0.0814. The van der Waals surface area contributed by atoms with E-state index in [1.54, 1.807) is 103 Å². The first-order chi connectivity index (χ1) is 27.3. The standard InChI is InChI=1S/C46H32N4O5S/c51-41-34-20-7-8-21-35(34)42(52)40-36(41)22-12-24-38(40)49-46(55)43(28-13-3-1-4-14-28)56-32-18-11-17-31(26-32)48-45(54)39(50-44(53)29-15-5-2-6-16-29)25-30-27-47-37-23-10-9-19-33(30)37/h1-27,43,47H,(H,48,54)(H,49,55)(H,50,53)/b39-25+. The summed E-state index contributed by atoms with van der Waals surface area (Å²) in [6.45, 7) is 0. The highest BCUT2D eigenvalue weighted by Gasteiger charge is 2.33. The predicted octanol–water partition coefficient (Wildman–Crippen LogP) is 8.83. The molecule has 272 valence electrons. The summed E-state index contributed by atoms with van der Waals surface area (Å²) in [5.74, 6) is -2.01. The van der Waals surface area contributed by atoms with Gasteiger partial charge in [0, 0.05) is 55.5 Å². The Hall–Kier alpha value is -7.30. The molecule has 6 aromatic carbocycles. The first-order valence-corrected chi connectivity index (χ1v) is 18.6. The van der Waals surface area contributed by atoms with Crippen LogP contribution in [0.25, 0.3) is 17.0 Å². The van der Waals surface area contributed by atoms with Crippen LogP contribution in [0.4, 0.5) is 11.4 Å². The molecule has 0 spiro atoms. The first-order valence-electron chi connectivity index (χ1n) is 17.7. The van der Waals surface area contributed by atoms with Gasteiger partial charge in [0.15, 0.2) is 11.6 Å². The molecule has 4 N–H and O–H groups in total. The van der Waals surface area contributed by atoms with E-state index in [1.165, 1.54) is 11.8 Å². The van der Waals surface area contributed by atoms with Crippen LogP contribution in [0.5, 0.6) is 0 Å². The third-order valence-corrected chi connectivity index (χ3v) is 10.6.